The number of nitrogens with zero attached hydrogens (tertiary/aromatic N) is 1. The van der Waals surface area contributed by atoms with Crippen molar-refractivity contribution in [2.75, 3.05) is 19.5 Å². The summed E-state index contributed by atoms with van der Waals surface area (Å²) < 4.78 is 5.56. The molecular formula is C21H24N2O. The Hall–Kier alpha value is -2.55. The number of benzene rings is 2. The molecular weight excluding hydrogens is 296 g/mol. The van der Waals surface area contributed by atoms with Crippen LogP contribution in [0, 0.1) is 6.92 Å². The van der Waals surface area contributed by atoms with Crippen LogP contribution >= 0.6 is 0 Å². The Labute approximate surface area is 143 Å². The lowest BCUT2D eigenvalue weighted by Crippen LogP contribution is -1.97. The topological polar surface area (TPSA) is 34.2 Å². The lowest BCUT2D eigenvalue weighted by Gasteiger charge is -2.13. The SMILES string of the molecule is CCc1cc2nccc(Cc3ccc(C)c(NC)c3)c2cc1OC. The minimum atomic E-state index is 0.878. The lowest BCUT2D eigenvalue weighted by atomic mass is 9.98. The summed E-state index contributed by atoms with van der Waals surface area (Å²) in [5.41, 5.74) is 7.23. The third kappa shape index (κ3) is 3.07. The molecule has 3 heteroatoms. The van der Waals surface area contributed by atoms with Crippen molar-refractivity contribution in [3.05, 3.63) is 64.8 Å². The molecule has 24 heavy (non-hydrogen) atoms. The molecule has 0 aliphatic rings. The Kier molecular flexibility index (Phi) is 4.70. The molecule has 3 nitrogen and oxygen atoms in total. The summed E-state index contributed by atoms with van der Waals surface area (Å²) in [6.07, 6.45) is 3.72. The molecule has 0 bridgehead atoms. The van der Waals surface area contributed by atoms with Crippen LogP contribution in [0.1, 0.15) is 29.2 Å². The fraction of sp³-hybridized carbons (Fsp3) is 0.286. The molecule has 0 radical (unpaired) electrons. The predicted molar refractivity (Wildman–Crippen MR) is 101 cm³/mol. The average molecular weight is 320 g/mol. The van der Waals surface area contributed by atoms with Gasteiger partial charge in [-0.1, -0.05) is 19.1 Å². The largest absolute Gasteiger partial charge is 0.496 e. The van der Waals surface area contributed by atoms with Crippen molar-refractivity contribution < 1.29 is 4.74 Å². The fourth-order valence-electron chi connectivity index (χ4n) is 3.16. The van der Waals surface area contributed by atoms with Gasteiger partial charge in [-0.3, -0.25) is 4.98 Å². The number of anilines is 1. The molecule has 3 rings (SSSR count). The Morgan fingerprint density at radius 3 is 2.62 bits per heavy atom. The molecule has 0 spiro atoms. The average Bonchev–Trinajstić information content (AvgIpc) is 2.62. The number of aromatic nitrogens is 1. The van der Waals surface area contributed by atoms with Crippen molar-refractivity contribution in [3.8, 4) is 5.75 Å². The first kappa shape index (κ1) is 16.3. The second-order valence-electron chi connectivity index (χ2n) is 6.08. The third-order valence-corrected chi connectivity index (χ3v) is 4.58. The molecule has 1 heterocycles. The van der Waals surface area contributed by atoms with Crippen LogP contribution in [0.5, 0.6) is 5.75 Å². The monoisotopic (exact) mass is 320 g/mol. The van der Waals surface area contributed by atoms with Gasteiger partial charge in [0.25, 0.3) is 0 Å². The van der Waals surface area contributed by atoms with Crippen molar-refractivity contribution in [3.63, 3.8) is 0 Å². The Morgan fingerprint density at radius 2 is 1.92 bits per heavy atom. The van der Waals surface area contributed by atoms with Gasteiger partial charge in [-0.2, -0.15) is 0 Å². The first-order chi connectivity index (χ1) is 11.7. The van der Waals surface area contributed by atoms with E-state index in [2.05, 4.69) is 60.5 Å². The van der Waals surface area contributed by atoms with Crippen molar-refractivity contribution in [2.45, 2.75) is 26.7 Å². The van der Waals surface area contributed by atoms with Gasteiger partial charge in [-0.15, -0.1) is 0 Å². The number of ether oxygens (including phenoxy) is 1. The van der Waals surface area contributed by atoms with Crippen molar-refractivity contribution in [1.29, 1.82) is 0 Å². The molecule has 0 unspecified atom stereocenters. The molecule has 0 saturated carbocycles. The zero-order valence-corrected chi connectivity index (χ0v) is 14.8. The summed E-state index contributed by atoms with van der Waals surface area (Å²) in [4.78, 5) is 4.55. The van der Waals surface area contributed by atoms with Crippen LogP contribution in [0.15, 0.2) is 42.6 Å². The van der Waals surface area contributed by atoms with Gasteiger partial charge in [-0.25, -0.2) is 0 Å². The van der Waals surface area contributed by atoms with E-state index in [0.717, 1.165) is 29.5 Å². The van der Waals surface area contributed by atoms with E-state index in [1.807, 2.05) is 13.2 Å². The van der Waals surface area contributed by atoms with E-state index < -0.39 is 0 Å². The van der Waals surface area contributed by atoms with Gasteiger partial charge in [0.15, 0.2) is 0 Å². The fourth-order valence-corrected chi connectivity index (χ4v) is 3.16. The van der Waals surface area contributed by atoms with Crippen LogP contribution in [0.2, 0.25) is 0 Å². The second kappa shape index (κ2) is 6.91. The van der Waals surface area contributed by atoms with Crippen LogP contribution in [0.3, 0.4) is 0 Å². The van der Waals surface area contributed by atoms with Crippen molar-refractivity contribution >= 4 is 16.6 Å². The molecule has 0 aliphatic heterocycles. The van der Waals surface area contributed by atoms with Crippen LogP contribution in [0.25, 0.3) is 10.9 Å². The van der Waals surface area contributed by atoms with Crippen molar-refractivity contribution in [2.24, 2.45) is 0 Å². The molecule has 124 valence electrons. The van der Waals surface area contributed by atoms with Gasteiger partial charge in [0.1, 0.15) is 5.75 Å². The highest BCUT2D eigenvalue weighted by Crippen LogP contribution is 2.29. The molecule has 0 amide bonds. The first-order valence-corrected chi connectivity index (χ1v) is 8.38. The summed E-state index contributed by atoms with van der Waals surface area (Å²) >= 11 is 0. The highest BCUT2D eigenvalue weighted by atomic mass is 16.5. The molecule has 1 N–H and O–H groups in total. The Morgan fingerprint density at radius 1 is 1.08 bits per heavy atom. The number of nitrogens with one attached hydrogen (secondary N) is 1. The molecule has 1 aromatic heterocycles. The predicted octanol–water partition coefficient (Wildman–Crippen LogP) is 4.75. The molecule has 0 atom stereocenters. The normalized spacial score (nSPS) is 10.8. The van der Waals surface area contributed by atoms with E-state index >= 15 is 0 Å². The first-order valence-electron chi connectivity index (χ1n) is 8.38. The number of hydrogen-bond donors (Lipinski definition) is 1. The van der Waals surface area contributed by atoms with Gasteiger partial charge in [0, 0.05) is 24.3 Å². The Bertz CT molecular complexity index is 871. The number of methoxy groups -OCH3 is 1. The van der Waals surface area contributed by atoms with Gasteiger partial charge < -0.3 is 10.1 Å². The van der Waals surface area contributed by atoms with Crippen LogP contribution in [0.4, 0.5) is 5.69 Å². The van der Waals surface area contributed by atoms with Crippen LogP contribution in [-0.4, -0.2) is 19.1 Å². The van der Waals surface area contributed by atoms with Gasteiger partial charge in [-0.05, 0) is 66.3 Å². The van der Waals surface area contributed by atoms with E-state index in [9.17, 15) is 0 Å². The minimum Gasteiger partial charge on any atom is -0.496 e. The van der Waals surface area contributed by atoms with E-state index in [1.54, 1.807) is 7.11 Å². The maximum absolute atomic E-state index is 5.56. The maximum Gasteiger partial charge on any atom is 0.122 e. The van der Waals surface area contributed by atoms with Gasteiger partial charge in [0.2, 0.25) is 0 Å². The number of fused-ring (bicyclic) bond motifs is 1. The zero-order valence-electron chi connectivity index (χ0n) is 14.8. The summed E-state index contributed by atoms with van der Waals surface area (Å²) in [5, 5.41) is 4.42. The summed E-state index contributed by atoms with van der Waals surface area (Å²) in [6.45, 7) is 4.26. The highest BCUT2D eigenvalue weighted by molar-refractivity contribution is 5.85. The molecule has 2 aromatic carbocycles. The molecule has 0 saturated heterocycles. The lowest BCUT2D eigenvalue weighted by molar-refractivity contribution is 0.411. The zero-order chi connectivity index (χ0) is 17.1. The quantitative estimate of drug-likeness (QED) is 0.737. The molecule has 0 aliphatic carbocycles. The summed E-state index contributed by atoms with van der Waals surface area (Å²) in [5.74, 6) is 0.944. The number of hydrogen-bond acceptors (Lipinski definition) is 3. The molecule has 0 fully saturated rings. The summed E-state index contributed by atoms with van der Waals surface area (Å²) in [6, 6.07) is 13.0. The van der Waals surface area contributed by atoms with Crippen LogP contribution < -0.4 is 10.1 Å². The smallest absolute Gasteiger partial charge is 0.122 e. The number of rotatable bonds is 5. The maximum atomic E-state index is 5.56. The molecule has 3 aromatic rings. The van der Waals surface area contributed by atoms with E-state index in [-0.39, 0.29) is 0 Å². The summed E-state index contributed by atoms with van der Waals surface area (Å²) in [7, 11) is 3.70. The minimum absolute atomic E-state index is 0.878. The highest BCUT2D eigenvalue weighted by Gasteiger charge is 2.09. The third-order valence-electron chi connectivity index (χ3n) is 4.58. The standard InChI is InChI=1S/C21H24N2O/c1-5-16-12-20-18(13-21(16)24-4)17(8-9-23-20)10-15-7-6-14(2)19(11-15)22-3/h6-9,11-13,22H,5,10H2,1-4H3. The van der Waals surface area contributed by atoms with Gasteiger partial charge in [0.05, 0.1) is 12.6 Å². The van der Waals surface area contributed by atoms with Gasteiger partial charge >= 0.3 is 0 Å². The second-order valence-corrected chi connectivity index (χ2v) is 6.08. The number of pyridine rings is 1. The Balaban J connectivity index is 2.06. The number of aryl methyl sites for hydroxylation is 2. The van der Waals surface area contributed by atoms with Crippen LogP contribution in [-0.2, 0) is 12.8 Å². The van der Waals surface area contributed by atoms with E-state index in [1.165, 1.54) is 27.9 Å². The van der Waals surface area contributed by atoms with E-state index in [0.29, 0.717) is 0 Å². The van der Waals surface area contributed by atoms with E-state index in [4.69, 9.17) is 4.74 Å². The van der Waals surface area contributed by atoms with Crippen molar-refractivity contribution in [1.82, 2.24) is 4.98 Å².